The molecule has 1 heterocycles. The van der Waals surface area contributed by atoms with Crippen LogP contribution in [0.1, 0.15) is 10.4 Å². The Morgan fingerprint density at radius 3 is 2.45 bits per heavy atom. The molecular weight excluding hydrogens is 284 g/mol. The van der Waals surface area contributed by atoms with Gasteiger partial charge in [0.05, 0.1) is 19.2 Å². The van der Waals surface area contributed by atoms with Gasteiger partial charge >= 0.3 is 0 Å². The van der Waals surface area contributed by atoms with Crippen molar-refractivity contribution in [1.29, 1.82) is 0 Å². The van der Waals surface area contributed by atoms with Crippen LogP contribution in [-0.2, 0) is 7.05 Å². The van der Waals surface area contributed by atoms with Crippen molar-refractivity contribution in [2.75, 3.05) is 20.3 Å². The van der Waals surface area contributed by atoms with E-state index in [1.54, 1.807) is 38.4 Å². The molecule has 0 aliphatic heterocycles. The van der Waals surface area contributed by atoms with E-state index in [0.29, 0.717) is 24.5 Å². The Kier molecular flexibility index (Phi) is 5.19. The standard InChI is InChI=1S/C16H18N2O4/c1-18-11-12(3-8-15(18)19)16(20)17-9-10-22-14-6-4-13(21-2)5-7-14/h3-8,11H,9-10H2,1-2H3,(H,17,20). The summed E-state index contributed by atoms with van der Waals surface area (Å²) in [5.74, 6) is 1.22. The predicted octanol–water partition coefficient (Wildman–Crippen LogP) is 1.20. The van der Waals surface area contributed by atoms with E-state index in [1.807, 2.05) is 0 Å². The van der Waals surface area contributed by atoms with Crippen LogP contribution in [0.5, 0.6) is 11.5 Å². The minimum absolute atomic E-state index is 0.153. The third-order valence-corrected chi connectivity index (χ3v) is 3.06. The van der Waals surface area contributed by atoms with Crippen molar-refractivity contribution < 1.29 is 14.3 Å². The lowest BCUT2D eigenvalue weighted by atomic mass is 10.2. The van der Waals surface area contributed by atoms with Crippen LogP contribution < -0.4 is 20.3 Å². The number of amides is 1. The zero-order valence-corrected chi connectivity index (χ0v) is 12.5. The van der Waals surface area contributed by atoms with Crippen molar-refractivity contribution >= 4 is 5.91 Å². The van der Waals surface area contributed by atoms with Gasteiger partial charge in [-0.2, -0.15) is 0 Å². The average Bonchev–Trinajstić information content (AvgIpc) is 2.54. The van der Waals surface area contributed by atoms with Gasteiger partial charge in [-0.3, -0.25) is 9.59 Å². The number of carbonyl (C=O) groups is 1. The summed E-state index contributed by atoms with van der Waals surface area (Å²) in [7, 11) is 3.21. The van der Waals surface area contributed by atoms with Crippen LogP contribution >= 0.6 is 0 Å². The lowest BCUT2D eigenvalue weighted by molar-refractivity contribution is 0.0946. The Balaban J connectivity index is 1.79. The number of rotatable bonds is 6. The zero-order chi connectivity index (χ0) is 15.9. The molecule has 0 aliphatic rings. The molecule has 1 N–H and O–H groups in total. The maximum absolute atomic E-state index is 11.9. The Hall–Kier alpha value is -2.76. The fourth-order valence-corrected chi connectivity index (χ4v) is 1.84. The van der Waals surface area contributed by atoms with Gasteiger partial charge in [0.2, 0.25) is 5.56 Å². The van der Waals surface area contributed by atoms with Gasteiger partial charge in [0.25, 0.3) is 5.91 Å². The van der Waals surface area contributed by atoms with Crippen LogP contribution in [-0.4, -0.2) is 30.7 Å². The fourth-order valence-electron chi connectivity index (χ4n) is 1.84. The minimum atomic E-state index is -0.242. The van der Waals surface area contributed by atoms with Crippen molar-refractivity contribution in [3.8, 4) is 11.5 Å². The number of hydrogen-bond donors (Lipinski definition) is 1. The number of aryl methyl sites for hydroxylation is 1. The molecule has 1 aromatic heterocycles. The molecule has 0 atom stereocenters. The van der Waals surface area contributed by atoms with E-state index in [1.165, 1.54) is 22.9 Å². The summed E-state index contributed by atoms with van der Waals surface area (Å²) in [6.45, 7) is 0.720. The highest BCUT2D eigenvalue weighted by Crippen LogP contribution is 2.16. The first-order chi connectivity index (χ1) is 10.6. The smallest absolute Gasteiger partial charge is 0.252 e. The summed E-state index contributed by atoms with van der Waals surface area (Å²) >= 11 is 0. The van der Waals surface area contributed by atoms with Gasteiger partial charge in [0.1, 0.15) is 18.1 Å². The molecular formula is C16H18N2O4. The molecule has 0 saturated heterocycles. The summed E-state index contributed by atoms with van der Waals surface area (Å²) in [6, 6.07) is 10.1. The SMILES string of the molecule is COc1ccc(OCCNC(=O)c2ccc(=O)n(C)c2)cc1. The highest BCUT2D eigenvalue weighted by molar-refractivity contribution is 5.93. The lowest BCUT2D eigenvalue weighted by Crippen LogP contribution is -2.29. The van der Waals surface area contributed by atoms with E-state index >= 15 is 0 Å². The van der Waals surface area contributed by atoms with Crippen LogP contribution in [0.15, 0.2) is 47.4 Å². The molecule has 0 unspecified atom stereocenters. The molecule has 6 nitrogen and oxygen atoms in total. The second-order valence-electron chi connectivity index (χ2n) is 4.65. The van der Waals surface area contributed by atoms with Crippen molar-refractivity contribution in [2.45, 2.75) is 0 Å². The van der Waals surface area contributed by atoms with Gasteiger partial charge in [0.15, 0.2) is 0 Å². The normalized spacial score (nSPS) is 10.1. The predicted molar refractivity (Wildman–Crippen MR) is 82.5 cm³/mol. The number of carbonyl (C=O) groups excluding carboxylic acids is 1. The molecule has 0 fully saturated rings. The van der Waals surface area contributed by atoms with Gasteiger partial charge in [-0.05, 0) is 30.3 Å². The quantitative estimate of drug-likeness (QED) is 0.814. The van der Waals surface area contributed by atoms with Gasteiger partial charge in [0, 0.05) is 19.3 Å². The monoisotopic (exact) mass is 302 g/mol. The maximum atomic E-state index is 11.9. The minimum Gasteiger partial charge on any atom is -0.497 e. The number of methoxy groups -OCH3 is 1. The van der Waals surface area contributed by atoms with E-state index < -0.39 is 0 Å². The Labute approximate surface area is 128 Å². The first-order valence-corrected chi connectivity index (χ1v) is 6.82. The number of nitrogens with one attached hydrogen (secondary N) is 1. The molecule has 2 aromatic rings. The molecule has 0 radical (unpaired) electrons. The number of nitrogens with zero attached hydrogens (tertiary/aromatic N) is 1. The topological polar surface area (TPSA) is 69.6 Å². The summed E-state index contributed by atoms with van der Waals surface area (Å²) in [5, 5.41) is 2.73. The van der Waals surface area contributed by atoms with E-state index in [4.69, 9.17) is 9.47 Å². The van der Waals surface area contributed by atoms with Gasteiger partial charge in [-0.1, -0.05) is 0 Å². The van der Waals surface area contributed by atoms with Gasteiger partial charge < -0.3 is 19.4 Å². The molecule has 0 bridgehead atoms. The molecule has 116 valence electrons. The number of pyridine rings is 1. The molecule has 2 rings (SSSR count). The first-order valence-electron chi connectivity index (χ1n) is 6.82. The Morgan fingerprint density at radius 2 is 1.82 bits per heavy atom. The third-order valence-electron chi connectivity index (χ3n) is 3.06. The highest BCUT2D eigenvalue weighted by atomic mass is 16.5. The van der Waals surface area contributed by atoms with Crippen LogP contribution in [0.2, 0.25) is 0 Å². The highest BCUT2D eigenvalue weighted by Gasteiger charge is 2.05. The largest absolute Gasteiger partial charge is 0.497 e. The summed E-state index contributed by atoms with van der Waals surface area (Å²) in [6.07, 6.45) is 1.50. The lowest BCUT2D eigenvalue weighted by Gasteiger charge is -2.09. The molecule has 0 saturated carbocycles. The number of aromatic nitrogens is 1. The second-order valence-corrected chi connectivity index (χ2v) is 4.65. The van der Waals surface area contributed by atoms with E-state index in [9.17, 15) is 9.59 Å². The molecule has 0 spiro atoms. The molecule has 0 aliphatic carbocycles. The maximum Gasteiger partial charge on any atom is 0.252 e. The zero-order valence-electron chi connectivity index (χ0n) is 12.5. The fraction of sp³-hybridized carbons (Fsp3) is 0.250. The van der Waals surface area contributed by atoms with Crippen molar-refractivity contribution in [3.63, 3.8) is 0 Å². The van der Waals surface area contributed by atoms with E-state index in [2.05, 4.69) is 5.32 Å². The summed E-state index contributed by atoms with van der Waals surface area (Å²) < 4.78 is 11.9. The van der Waals surface area contributed by atoms with Gasteiger partial charge in [-0.25, -0.2) is 0 Å². The third kappa shape index (κ3) is 4.12. The Morgan fingerprint density at radius 1 is 1.14 bits per heavy atom. The van der Waals surface area contributed by atoms with Crippen LogP contribution in [0, 0.1) is 0 Å². The molecule has 1 amide bonds. The molecule has 6 heteroatoms. The van der Waals surface area contributed by atoms with Crippen molar-refractivity contribution in [1.82, 2.24) is 9.88 Å². The van der Waals surface area contributed by atoms with Crippen molar-refractivity contribution in [2.24, 2.45) is 7.05 Å². The average molecular weight is 302 g/mol. The van der Waals surface area contributed by atoms with E-state index in [0.717, 1.165) is 5.75 Å². The van der Waals surface area contributed by atoms with Crippen LogP contribution in [0.4, 0.5) is 0 Å². The summed E-state index contributed by atoms with van der Waals surface area (Å²) in [4.78, 5) is 23.2. The second kappa shape index (κ2) is 7.31. The Bertz CT molecular complexity index is 692. The number of benzene rings is 1. The van der Waals surface area contributed by atoms with E-state index in [-0.39, 0.29) is 11.5 Å². The molecule has 1 aromatic carbocycles. The van der Waals surface area contributed by atoms with Crippen LogP contribution in [0.3, 0.4) is 0 Å². The van der Waals surface area contributed by atoms with Crippen LogP contribution in [0.25, 0.3) is 0 Å². The molecule has 22 heavy (non-hydrogen) atoms. The van der Waals surface area contributed by atoms with Crippen molar-refractivity contribution in [3.05, 3.63) is 58.5 Å². The number of hydrogen-bond acceptors (Lipinski definition) is 4. The number of ether oxygens (including phenoxy) is 2. The van der Waals surface area contributed by atoms with Gasteiger partial charge in [-0.15, -0.1) is 0 Å². The first kappa shape index (κ1) is 15.6. The summed E-state index contributed by atoms with van der Waals surface area (Å²) in [5.41, 5.74) is 0.283.